The average Bonchev–Trinajstić information content (AvgIpc) is 3.07. The topological polar surface area (TPSA) is 57.2 Å². The van der Waals surface area contributed by atoms with Gasteiger partial charge in [0.15, 0.2) is 5.79 Å². The van der Waals surface area contributed by atoms with Crippen molar-refractivity contribution < 1.29 is 24.1 Å². The Morgan fingerprint density at radius 1 is 1.28 bits per heavy atom. The Kier molecular flexibility index (Phi) is 5.92. The molecular weight excluding hydrogens is 320 g/mol. The van der Waals surface area contributed by atoms with Gasteiger partial charge in [0.1, 0.15) is 12.2 Å². The summed E-state index contributed by atoms with van der Waals surface area (Å²) < 4.78 is 23.6. The second-order valence-corrected chi connectivity index (χ2v) is 7.18. The van der Waals surface area contributed by atoms with Gasteiger partial charge >= 0.3 is 0 Å². The molecule has 2 aliphatic rings. The summed E-state index contributed by atoms with van der Waals surface area (Å²) >= 11 is 0. The Balaban J connectivity index is 1.64. The zero-order chi connectivity index (χ0) is 17.9. The van der Waals surface area contributed by atoms with Gasteiger partial charge in [-0.05, 0) is 25.8 Å². The van der Waals surface area contributed by atoms with Crippen LogP contribution in [0.25, 0.3) is 0 Å². The van der Waals surface area contributed by atoms with E-state index in [2.05, 4.69) is 6.58 Å². The van der Waals surface area contributed by atoms with Crippen molar-refractivity contribution in [1.82, 2.24) is 0 Å². The van der Waals surface area contributed by atoms with E-state index < -0.39 is 18.0 Å². The van der Waals surface area contributed by atoms with Gasteiger partial charge in [-0.15, -0.1) is 6.58 Å². The van der Waals surface area contributed by atoms with E-state index in [1.54, 1.807) is 6.08 Å². The third-order valence-electron chi connectivity index (χ3n) is 4.68. The maximum atomic E-state index is 10.6. The van der Waals surface area contributed by atoms with Gasteiger partial charge in [0, 0.05) is 6.42 Å². The minimum Gasteiger partial charge on any atom is -0.388 e. The summed E-state index contributed by atoms with van der Waals surface area (Å²) in [6.45, 7) is 8.53. The van der Waals surface area contributed by atoms with Crippen LogP contribution in [0.2, 0.25) is 0 Å². The highest BCUT2D eigenvalue weighted by molar-refractivity contribution is 5.13. The van der Waals surface area contributed by atoms with Crippen LogP contribution in [0.5, 0.6) is 0 Å². The van der Waals surface area contributed by atoms with Crippen LogP contribution in [-0.2, 0) is 25.6 Å². The third kappa shape index (κ3) is 4.68. The lowest BCUT2D eigenvalue weighted by Crippen LogP contribution is -2.37. The molecule has 0 spiro atoms. The summed E-state index contributed by atoms with van der Waals surface area (Å²) in [5, 5.41) is 10.6. The Labute approximate surface area is 149 Å². The molecule has 2 aliphatic heterocycles. The lowest BCUT2D eigenvalue weighted by molar-refractivity contribution is -0.145. The fourth-order valence-electron chi connectivity index (χ4n) is 3.47. The quantitative estimate of drug-likeness (QED) is 0.768. The van der Waals surface area contributed by atoms with E-state index >= 15 is 0 Å². The lowest BCUT2D eigenvalue weighted by Gasteiger charge is -2.23. The molecule has 3 rings (SSSR count). The molecule has 2 saturated heterocycles. The molecule has 2 fully saturated rings. The number of aliphatic hydroxyl groups is 1. The van der Waals surface area contributed by atoms with Crippen LogP contribution in [0.1, 0.15) is 32.3 Å². The lowest BCUT2D eigenvalue weighted by atomic mass is 10.0. The number of ether oxygens (including phenoxy) is 4. The first-order valence-corrected chi connectivity index (χ1v) is 8.90. The van der Waals surface area contributed by atoms with Crippen molar-refractivity contribution in [1.29, 1.82) is 0 Å². The van der Waals surface area contributed by atoms with Crippen LogP contribution >= 0.6 is 0 Å². The average molecular weight is 348 g/mol. The molecule has 5 atom stereocenters. The summed E-state index contributed by atoms with van der Waals surface area (Å²) in [7, 11) is 0. The maximum absolute atomic E-state index is 10.6. The van der Waals surface area contributed by atoms with Crippen LogP contribution in [0.4, 0.5) is 0 Å². The van der Waals surface area contributed by atoms with Crippen molar-refractivity contribution in [3.63, 3.8) is 0 Å². The molecule has 0 aromatic heterocycles. The first kappa shape index (κ1) is 18.5. The number of rotatable bonds is 7. The molecule has 1 aromatic carbocycles. The monoisotopic (exact) mass is 348 g/mol. The van der Waals surface area contributed by atoms with Crippen molar-refractivity contribution in [2.75, 3.05) is 6.61 Å². The minimum atomic E-state index is -0.679. The molecular formula is C20H28O5. The van der Waals surface area contributed by atoms with Crippen molar-refractivity contribution in [2.24, 2.45) is 0 Å². The predicted molar refractivity (Wildman–Crippen MR) is 94.0 cm³/mol. The van der Waals surface area contributed by atoms with Gasteiger partial charge in [0.2, 0.25) is 0 Å². The standard InChI is InChI=1S/C20H28O5/c1-4-8-16-18(21)19(22-12-14-9-6-5-7-10-14)17(24-16)11-15-13-23-20(2,3)25-15/h4-7,9-10,15-19,21H,1,8,11-13H2,2-3H3/t15?,16-,17?,18-,19-/m0/s1. The molecule has 138 valence electrons. The highest BCUT2D eigenvalue weighted by Gasteiger charge is 2.46. The van der Waals surface area contributed by atoms with Gasteiger partial charge in [0.05, 0.1) is 31.5 Å². The number of benzene rings is 1. The third-order valence-corrected chi connectivity index (χ3v) is 4.68. The number of hydrogen-bond acceptors (Lipinski definition) is 5. The number of aliphatic hydroxyl groups excluding tert-OH is 1. The van der Waals surface area contributed by atoms with Crippen molar-refractivity contribution in [3.8, 4) is 0 Å². The van der Waals surface area contributed by atoms with Gasteiger partial charge in [-0.3, -0.25) is 0 Å². The van der Waals surface area contributed by atoms with E-state index in [1.165, 1.54) is 0 Å². The first-order valence-electron chi connectivity index (χ1n) is 8.90. The molecule has 5 heteroatoms. The zero-order valence-electron chi connectivity index (χ0n) is 15.0. The van der Waals surface area contributed by atoms with E-state index in [9.17, 15) is 5.11 Å². The SMILES string of the molecule is C=CC[C@@H]1OC(CC2COC(C)(C)O2)[C@H](OCc2ccccc2)[C@H]1O. The van der Waals surface area contributed by atoms with Gasteiger partial charge < -0.3 is 24.1 Å². The summed E-state index contributed by atoms with van der Waals surface area (Å²) in [5.74, 6) is -0.567. The smallest absolute Gasteiger partial charge is 0.163 e. The summed E-state index contributed by atoms with van der Waals surface area (Å²) in [6.07, 6.45) is 1.34. The predicted octanol–water partition coefficient (Wildman–Crippen LogP) is 2.82. The Bertz CT molecular complexity index is 558. The molecule has 0 bridgehead atoms. The zero-order valence-corrected chi connectivity index (χ0v) is 15.0. The fraction of sp³-hybridized carbons (Fsp3) is 0.600. The second-order valence-electron chi connectivity index (χ2n) is 7.18. The van der Waals surface area contributed by atoms with Gasteiger partial charge in [-0.1, -0.05) is 36.4 Å². The highest BCUT2D eigenvalue weighted by atomic mass is 16.7. The summed E-state index contributed by atoms with van der Waals surface area (Å²) in [4.78, 5) is 0. The molecule has 0 saturated carbocycles. The van der Waals surface area contributed by atoms with E-state index in [0.717, 1.165) is 5.56 Å². The summed E-state index contributed by atoms with van der Waals surface area (Å²) in [6, 6.07) is 9.94. The van der Waals surface area contributed by atoms with Crippen molar-refractivity contribution in [2.45, 2.75) is 69.6 Å². The van der Waals surface area contributed by atoms with E-state index in [4.69, 9.17) is 18.9 Å². The van der Waals surface area contributed by atoms with Crippen LogP contribution in [-0.4, -0.2) is 48.0 Å². The maximum Gasteiger partial charge on any atom is 0.163 e. The van der Waals surface area contributed by atoms with Crippen LogP contribution in [0, 0.1) is 0 Å². The van der Waals surface area contributed by atoms with Gasteiger partial charge in [-0.25, -0.2) is 0 Å². The van der Waals surface area contributed by atoms with Gasteiger partial charge in [-0.2, -0.15) is 0 Å². The Hall–Kier alpha value is -1.24. The molecule has 0 radical (unpaired) electrons. The van der Waals surface area contributed by atoms with E-state index in [-0.39, 0.29) is 18.3 Å². The highest BCUT2D eigenvalue weighted by Crippen LogP contribution is 2.33. The number of hydrogen-bond donors (Lipinski definition) is 1. The normalized spacial score (nSPS) is 34.3. The molecule has 5 nitrogen and oxygen atoms in total. The van der Waals surface area contributed by atoms with Crippen LogP contribution in [0.15, 0.2) is 43.0 Å². The van der Waals surface area contributed by atoms with Gasteiger partial charge in [0.25, 0.3) is 0 Å². The Morgan fingerprint density at radius 2 is 2.04 bits per heavy atom. The molecule has 2 heterocycles. The van der Waals surface area contributed by atoms with E-state index in [0.29, 0.717) is 26.1 Å². The first-order chi connectivity index (χ1) is 12.0. The molecule has 0 aliphatic carbocycles. The Morgan fingerprint density at radius 3 is 2.68 bits per heavy atom. The molecule has 25 heavy (non-hydrogen) atoms. The van der Waals surface area contributed by atoms with E-state index in [1.807, 2.05) is 44.2 Å². The molecule has 1 aromatic rings. The largest absolute Gasteiger partial charge is 0.388 e. The summed E-state index contributed by atoms with van der Waals surface area (Å²) in [5.41, 5.74) is 1.07. The fourth-order valence-corrected chi connectivity index (χ4v) is 3.47. The van der Waals surface area contributed by atoms with Crippen molar-refractivity contribution >= 4 is 0 Å². The minimum absolute atomic E-state index is 0.0579. The molecule has 2 unspecified atom stereocenters. The second kappa shape index (κ2) is 7.98. The molecule has 1 N–H and O–H groups in total. The van der Waals surface area contributed by atoms with Crippen LogP contribution in [0.3, 0.4) is 0 Å². The van der Waals surface area contributed by atoms with Crippen LogP contribution < -0.4 is 0 Å². The van der Waals surface area contributed by atoms with Crippen molar-refractivity contribution in [3.05, 3.63) is 48.6 Å². The molecule has 0 amide bonds.